The third-order valence-corrected chi connectivity index (χ3v) is 6.71. The van der Waals surface area contributed by atoms with Crippen LogP contribution in [0, 0.1) is 11.8 Å². The number of benzene rings is 2. The molecule has 10 heteroatoms. The molecular weight excluding hydrogens is 465 g/mol. The Kier molecular flexibility index (Phi) is 6.73. The van der Waals surface area contributed by atoms with Crippen LogP contribution in [-0.4, -0.2) is 59.9 Å². The molecule has 0 radical (unpaired) electrons. The summed E-state index contributed by atoms with van der Waals surface area (Å²) < 4.78 is 45.2. The van der Waals surface area contributed by atoms with Gasteiger partial charge >= 0.3 is 18.2 Å². The Morgan fingerprint density at radius 2 is 1.63 bits per heavy atom. The maximum absolute atomic E-state index is 13.3. The molecule has 2 aliphatic rings. The zero-order chi connectivity index (χ0) is 25.3. The van der Waals surface area contributed by atoms with Crippen LogP contribution in [0.4, 0.5) is 18.0 Å². The van der Waals surface area contributed by atoms with Gasteiger partial charge in [0.25, 0.3) is 0 Å². The molecule has 35 heavy (non-hydrogen) atoms. The van der Waals surface area contributed by atoms with Crippen molar-refractivity contribution in [1.82, 2.24) is 10.2 Å². The van der Waals surface area contributed by atoms with Crippen molar-refractivity contribution < 1.29 is 37.4 Å². The number of ether oxygens (including phenoxy) is 1. The second kappa shape index (κ2) is 9.59. The number of alkyl halides is 3. The van der Waals surface area contributed by atoms with Crippen LogP contribution in [0.15, 0.2) is 48.5 Å². The van der Waals surface area contributed by atoms with Crippen LogP contribution < -0.4 is 5.32 Å². The fourth-order valence-electron chi connectivity index (χ4n) is 4.91. The first-order chi connectivity index (χ1) is 16.6. The van der Waals surface area contributed by atoms with Crippen LogP contribution in [0.3, 0.4) is 0 Å². The first kappa shape index (κ1) is 24.6. The summed E-state index contributed by atoms with van der Waals surface area (Å²) in [5.41, 5.74) is 4.14. The summed E-state index contributed by atoms with van der Waals surface area (Å²) in [6, 6.07) is 14.4. The molecule has 1 fully saturated rings. The number of halogens is 3. The summed E-state index contributed by atoms with van der Waals surface area (Å²) >= 11 is 0. The topological polar surface area (TPSA) is 95.9 Å². The summed E-state index contributed by atoms with van der Waals surface area (Å²) in [5.74, 6) is -6.47. The first-order valence-corrected chi connectivity index (χ1v) is 11.3. The van der Waals surface area contributed by atoms with Crippen molar-refractivity contribution in [3.63, 3.8) is 0 Å². The van der Waals surface area contributed by atoms with Gasteiger partial charge < -0.3 is 20.1 Å². The third-order valence-electron chi connectivity index (χ3n) is 6.71. The Bertz CT molecular complexity index is 1090. The quantitative estimate of drug-likeness (QED) is 0.638. The molecule has 0 bridgehead atoms. The van der Waals surface area contributed by atoms with E-state index in [-0.39, 0.29) is 18.9 Å². The maximum Gasteiger partial charge on any atom is 0.407 e. The number of nitrogens with zero attached hydrogens (tertiary/aromatic N) is 1. The van der Waals surface area contributed by atoms with Gasteiger partial charge in [-0.15, -0.1) is 0 Å². The van der Waals surface area contributed by atoms with Gasteiger partial charge in [0.15, 0.2) is 0 Å². The number of nitrogens with one attached hydrogen (secondary N) is 1. The number of carboxylic acids is 1. The zero-order valence-corrected chi connectivity index (χ0v) is 18.9. The van der Waals surface area contributed by atoms with Crippen molar-refractivity contribution in [1.29, 1.82) is 0 Å². The SMILES string of the molecule is CC[C@@H](NC(=O)OCC1c2ccccc2-c2ccccc21)C(=O)N1C[C@H](C(=O)O)[C@@H](C(F)(F)F)C1. The Hall–Kier alpha value is -3.56. The predicted octanol–water partition coefficient (Wildman–Crippen LogP) is 4.03. The highest BCUT2D eigenvalue weighted by Crippen LogP contribution is 2.44. The number of aliphatic carboxylic acids is 1. The number of alkyl carbamates (subject to hydrolysis) is 1. The number of amides is 2. The molecule has 0 unspecified atom stereocenters. The Morgan fingerprint density at radius 1 is 1.06 bits per heavy atom. The van der Waals surface area contributed by atoms with Crippen LogP contribution in [0.25, 0.3) is 11.1 Å². The molecule has 0 saturated carbocycles. The van der Waals surface area contributed by atoms with Gasteiger partial charge in [-0.2, -0.15) is 13.2 Å². The van der Waals surface area contributed by atoms with Gasteiger partial charge in [-0.1, -0.05) is 55.5 Å². The molecular formula is C25H25F3N2O5. The van der Waals surface area contributed by atoms with E-state index in [9.17, 15) is 32.7 Å². The van der Waals surface area contributed by atoms with Crippen molar-refractivity contribution in [3.05, 3.63) is 59.7 Å². The Labute approximate surface area is 199 Å². The van der Waals surface area contributed by atoms with Gasteiger partial charge in [0.05, 0.1) is 11.8 Å². The Balaban J connectivity index is 1.40. The smallest absolute Gasteiger partial charge is 0.407 e. The number of hydrogen-bond acceptors (Lipinski definition) is 4. The molecule has 2 N–H and O–H groups in total. The largest absolute Gasteiger partial charge is 0.481 e. The van der Waals surface area contributed by atoms with Gasteiger partial charge in [-0.25, -0.2) is 4.79 Å². The molecule has 7 nitrogen and oxygen atoms in total. The van der Waals surface area contributed by atoms with Gasteiger partial charge in [0.2, 0.25) is 5.91 Å². The summed E-state index contributed by atoms with van der Waals surface area (Å²) in [5, 5.41) is 11.6. The van der Waals surface area contributed by atoms with E-state index in [1.54, 1.807) is 6.92 Å². The average Bonchev–Trinajstić information content (AvgIpc) is 3.42. The number of carboxylic acid groups (broad SMARTS) is 1. The minimum Gasteiger partial charge on any atom is -0.481 e. The molecule has 1 aliphatic carbocycles. The highest BCUT2D eigenvalue weighted by Gasteiger charge is 2.54. The Morgan fingerprint density at radius 3 is 2.11 bits per heavy atom. The van der Waals surface area contributed by atoms with Gasteiger partial charge in [-0.3, -0.25) is 9.59 Å². The lowest BCUT2D eigenvalue weighted by Gasteiger charge is -2.24. The summed E-state index contributed by atoms with van der Waals surface area (Å²) in [4.78, 5) is 37.5. The van der Waals surface area contributed by atoms with E-state index in [0.29, 0.717) is 0 Å². The summed E-state index contributed by atoms with van der Waals surface area (Å²) in [6.45, 7) is 0.285. The molecule has 4 rings (SSSR count). The van der Waals surface area contributed by atoms with E-state index in [4.69, 9.17) is 4.74 Å². The monoisotopic (exact) mass is 490 g/mol. The molecule has 2 aromatic rings. The molecule has 3 atom stereocenters. The minimum atomic E-state index is -4.75. The summed E-state index contributed by atoms with van der Waals surface area (Å²) in [7, 11) is 0. The molecule has 1 aliphatic heterocycles. The number of hydrogen-bond donors (Lipinski definition) is 2. The average molecular weight is 490 g/mol. The number of carbonyl (C=O) groups is 3. The molecule has 186 valence electrons. The van der Waals surface area contributed by atoms with Crippen molar-refractivity contribution in [2.75, 3.05) is 19.7 Å². The van der Waals surface area contributed by atoms with Gasteiger partial charge in [0, 0.05) is 19.0 Å². The fourth-order valence-corrected chi connectivity index (χ4v) is 4.91. The lowest BCUT2D eigenvalue weighted by molar-refractivity contribution is -0.188. The lowest BCUT2D eigenvalue weighted by atomic mass is 9.96. The van der Waals surface area contributed by atoms with Crippen molar-refractivity contribution >= 4 is 18.0 Å². The van der Waals surface area contributed by atoms with Crippen LogP contribution in [0.5, 0.6) is 0 Å². The molecule has 1 saturated heterocycles. The standard InChI is InChI=1S/C25H25F3N2O5/c1-2-21(22(31)30-11-18(23(32)33)20(12-30)25(26,27)28)29-24(34)35-13-19-16-9-5-3-7-14(16)15-8-4-6-10-17(15)19/h3-10,18-21H,2,11-13H2,1H3,(H,29,34)(H,32,33)/t18-,20-,21+/m0/s1. The number of fused-ring (bicyclic) bond motifs is 3. The highest BCUT2D eigenvalue weighted by molar-refractivity contribution is 5.87. The van der Waals surface area contributed by atoms with E-state index in [0.717, 1.165) is 27.2 Å². The normalized spacial score (nSPS) is 20.2. The van der Waals surface area contributed by atoms with E-state index < -0.39 is 55.1 Å². The van der Waals surface area contributed by atoms with E-state index in [1.807, 2.05) is 48.5 Å². The van der Waals surface area contributed by atoms with Crippen LogP contribution in [0.2, 0.25) is 0 Å². The molecule has 0 spiro atoms. The number of likely N-dealkylation sites (tertiary alicyclic amines) is 1. The molecule has 1 heterocycles. The highest BCUT2D eigenvalue weighted by atomic mass is 19.4. The predicted molar refractivity (Wildman–Crippen MR) is 120 cm³/mol. The van der Waals surface area contributed by atoms with E-state index in [2.05, 4.69) is 5.32 Å². The first-order valence-electron chi connectivity index (χ1n) is 11.3. The van der Waals surface area contributed by atoms with Crippen molar-refractivity contribution in [3.8, 4) is 11.1 Å². The van der Waals surface area contributed by atoms with Gasteiger partial charge in [0.1, 0.15) is 12.6 Å². The third kappa shape index (κ3) is 4.82. The second-order valence-electron chi connectivity index (χ2n) is 8.77. The van der Waals surface area contributed by atoms with Crippen molar-refractivity contribution in [2.24, 2.45) is 11.8 Å². The number of carbonyl (C=O) groups excluding carboxylic acids is 2. The van der Waals surface area contributed by atoms with Gasteiger partial charge in [-0.05, 0) is 28.7 Å². The van der Waals surface area contributed by atoms with Crippen LogP contribution >= 0.6 is 0 Å². The van der Waals surface area contributed by atoms with Crippen LogP contribution in [0.1, 0.15) is 30.4 Å². The fraction of sp³-hybridized carbons (Fsp3) is 0.400. The summed E-state index contributed by atoms with van der Waals surface area (Å²) in [6.07, 6.45) is -5.51. The zero-order valence-electron chi connectivity index (χ0n) is 18.9. The maximum atomic E-state index is 13.3. The molecule has 0 aromatic heterocycles. The lowest BCUT2D eigenvalue weighted by Crippen LogP contribution is -2.48. The van der Waals surface area contributed by atoms with Crippen molar-refractivity contribution in [2.45, 2.75) is 31.5 Å². The second-order valence-corrected chi connectivity index (χ2v) is 8.77. The molecule has 2 aromatic carbocycles. The minimum absolute atomic E-state index is 0.0193. The van der Waals surface area contributed by atoms with E-state index >= 15 is 0 Å². The van der Waals surface area contributed by atoms with Crippen LogP contribution in [-0.2, 0) is 14.3 Å². The van der Waals surface area contributed by atoms with E-state index in [1.165, 1.54) is 0 Å². The number of rotatable bonds is 6. The molecule has 2 amide bonds.